The summed E-state index contributed by atoms with van der Waals surface area (Å²) in [5.41, 5.74) is 0. The number of urea groups is 1. The van der Waals surface area contributed by atoms with E-state index in [9.17, 15) is 24.0 Å². The number of fused-ring (bicyclic) bond motifs is 1. The molecule has 154 valence electrons. The van der Waals surface area contributed by atoms with Crippen molar-refractivity contribution in [1.82, 2.24) is 15.5 Å². The Kier molecular flexibility index (Phi) is 7.31. The summed E-state index contributed by atoms with van der Waals surface area (Å²) >= 11 is 0. The summed E-state index contributed by atoms with van der Waals surface area (Å²) in [6.45, 7) is 5.15. The van der Waals surface area contributed by atoms with Crippen LogP contribution < -0.4 is 10.6 Å². The number of amides is 5. The fourth-order valence-corrected chi connectivity index (χ4v) is 3.25. The molecule has 3 atom stereocenters. The van der Waals surface area contributed by atoms with Crippen molar-refractivity contribution in [1.29, 1.82) is 0 Å². The number of likely N-dealkylation sites (tertiary alicyclic amines) is 1. The molecule has 0 bridgehead atoms. The van der Waals surface area contributed by atoms with E-state index in [1.165, 1.54) is 6.92 Å². The average Bonchev–Trinajstić information content (AvgIpc) is 2.90. The summed E-state index contributed by atoms with van der Waals surface area (Å²) in [5, 5.41) is 4.58. The Morgan fingerprint density at radius 2 is 1.68 bits per heavy atom. The van der Waals surface area contributed by atoms with Crippen LogP contribution in [0.5, 0.6) is 0 Å². The molecule has 0 unspecified atom stereocenters. The van der Waals surface area contributed by atoms with Crippen molar-refractivity contribution in [2.75, 3.05) is 13.2 Å². The second-order valence-electron chi connectivity index (χ2n) is 7.47. The molecule has 9 nitrogen and oxygen atoms in total. The number of nitrogens with one attached hydrogen (secondary N) is 2. The van der Waals surface area contributed by atoms with E-state index in [1.807, 2.05) is 26.0 Å². The van der Waals surface area contributed by atoms with Gasteiger partial charge in [-0.05, 0) is 32.1 Å². The summed E-state index contributed by atoms with van der Waals surface area (Å²) in [4.78, 5) is 61.3. The van der Waals surface area contributed by atoms with Crippen molar-refractivity contribution < 1.29 is 28.7 Å². The second-order valence-corrected chi connectivity index (χ2v) is 7.47. The van der Waals surface area contributed by atoms with Crippen LogP contribution in [0.1, 0.15) is 40.0 Å². The Morgan fingerprint density at radius 1 is 1.11 bits per heavy atom. The lowest BCUT2D eigenvalue weighted by atomic mass is 9.85. The standard InChI is InChI=1S/C19H27N3O6/c1-11(2)8-9-20-19(27)21-15(23)10-28-18(26)12(3)22-16(24)13-6-4-5-7-14(13)17(22)25/h4-5,11-14H,6-10H2,1-3H3,(H2,20,21,23,27)/t12-,13-,14-/m0/s1. The number of allylic oxidation sites excluding steroid dienone is 2. The van der Waals surface area contributed by atoms with E-state index in [4.69, 9.17) is 4.74 Å². The maximum absolute atomic E-state index is 12.5. The molecule has 28 heavy (non-hydrogen) atoms. The van der Waals surface area contributed by atoms with Crippen molar-refractivity contribution in [3.05, 3.63) is 12.2 Å². The number of carbonyl (C=O) groups is 5. The highest BCUT2D eigenvalue weighted by Gasteiger charge is 2.50. The molecule has 1 heterocycles. The Labute approximate surface area is 163 Å². The van der Waals surface area contributed by atoms with Gasteiger partial charge in [-0.15, -0.1) is 0 Å². The molecule has 0 spiro atoms. The van der Waals surface area contributed by atoms with Gasteiger partial charge in [0.1, 0.15) is 6.04 Å². The summed E-state index contributed by atoms with van der Waals surface area (Å²) in [5.74, 6) is -2.91. The molecule has 1 fully saturated rings. The topological polar surface area (TPSA) is 122 Å². The third-order valence-corrected chi connectivity index (χ3v) is 4.88. The SMILES string of the molecule is CC(C)CCNC(=O)NC(=O)COC(=O)[C@H](C)N1C(=O)[C@H]2CC=CC[C@@H]2C1=O. The maximum atomic E-state index is 12.5. The van der Waals surface area contributed by atoms with Crippen molar-refractivity contribution in [3.63, 3.8) is 0 Å². The van der Waals surface area contributed by atoms with E-state index >= 15 is 0 Å². The Bertz CT molecular complexity index is 661. The minimum Gasteiger partial charge on any atom is -0.454 e. The Balaban J connectivity index is 1.79. The van der Waals surface area contributed by atoms with Gasteiger partial charge in [-0.2, -0.15) is 0 Å². The molecule has 0 aromatic heterocycles. The normalized spacial score (nSPS) is 22.1. The summed E-state index contributed by atoms with van der Waals surface area (Å²) in [7, 11) is 0. The Hall–Kier alpha value is -2.71. The van der Waals surface area contributed by atoms with Gasteiger partial charge in [-0.1, -0.05) is 26.0 Å². The van der Waals surface area contributed by atoms with E-state index in [1.54, 1.807) is 0 Å². The number of carbonyl (C=O) groups excluding carboxylic acids is 5. The van der Waals surface area contributed by atoms with Crippen LogP contribution in [0.25, 0.3) is 0 Å². The molecule has 9 heteroatoms. The van der Waals surface area contributed by atoms with Crippen molar-refractivity contribution in [2.45, 2.75) is 46.1 Å². The number of ether oxygens (including phenoxy) is 1. The third kappa shape index (κ3) is 5.17. The molecule has 1 saturated heterocycles. The lowest BCUT2D eigenvalue weighted by Gasteiger charge is -2.21. The first-order valence-corrected chi connectivity index (χ1v) is 9.48. The summed E-state index contributed by atoms with van der Waals surface area (Å²) < 4.78 is 4.88. The van der Waals surface area contributed by atoms with Crippen LogP contribution in [0, 0.1) is 17.8 Å². The average molecular weight is 393 g/mol. The van der Waals surface area contributed by atoms with E-state index in [0.29, 0.717) is 25.3 Å². The lowest BCUT2D eigenvalue weighted by molar-refractivity contribution is -0.159. The first kappa shape index (κ1) is 21.6. The van der Waals surface area contributed by atoms with Crippen LogP contribution >= 0.6 is 0 Å². The Morgan fingerprint density at radius 3 is 2.21 bits per heavy atom. The van der Waals surface area contributed by atoms with Crippen LogP contribution in [0.3, 0.4) is 0 Å². The predicted octanol–water partition coefficient (Wildman–Crippen LogP) is 0.741. The van der Waals surface area contributed by atoms with Gasteiger partial charge < -0.3 is 10.1 Å². The number of esters is 1. The molecule has 0 aromatic carbocycles. The molecule has 2 aliphatic rings. The molecular weight excluding hydrogens is 366 g/mol. The van der Waals surface area contributed by atoms with E-state index in [2.05, 4.69) is 10.6 Å². The highest BCUT2D eigenvalue weighted by Crippen LogP contribution is 2.36. The highest BCUT2D eigenvalue weighted by molar-refractivity contribution is 6.08. The van der Waals surface area contributed by atoms with Gasteiger partial charge in [0.2, 0.25) is 11.8 Å². The molecular formula is C19H27N3O6. The van der Waals surface area contributed by atoms with Crippen LogP contribution in [-0.4, -0.2) is 53.8 Å². The quantitative estimate of drug-likeness (QED) is 0.374. The van der Waals surface area contributed by atoms with Crippen LogP contribution in [0.15, 0.2) is 12.2 Å². The van der Waals surface area contributed by atoms with Crippen molar-refractivity contribution in [3.8, 4) is 0 Å². The van der Waals surface area contributed by atoms with Gasteiger partial charge in [0, 0.05) is 6.54 Å². The smallest absolute Gasteiger partial charge is 0.329 e. The molecule has 0 saturated carbocycles. The molecule has 1 aliphatic heterocycles. The van der Waals surface area contributed by atoms with Crippen molar-refractivity contribution >= 4 is 29.7 Å². The minimum atomic E-state index is -1.13. The molecule has 1 aliphatic carbocycles. The van der Waals surface area contributed by atoms with Crippen LogP contribution in [-0.2, 0) is 23.9 Å². The van der Waals surface area contributed by atoms with Gasteiger partial charge in [0.15, 0.2) is 6.61 Å². The van der Waals surface area contributed by atoms with Gasteiger partial charge in [-0.25, -0.2) is 9.59 Å². The fourth-order valence-electron chi connectivity index (χ4n) is 3.25. The predicted molar refractivity (Wildman–Crippen MR) is 98.6 cm³/mol. The van der Waals surface area contributed by atoms with Crippen LogP contribution in [0.4, 0.5) is 4.79 Å². The summed E-state index contributed by atoms with van der Waals surface area (Å²) in [6, 6.07) is -1.80. The molecule has 5 amide bonds. The van der Waals surface area contributed by atoms with Gasteiger partial charge in [0.25, 0.3) is 5.91 Å². The third-order valence-electron chi connectivity index (χ3n) is 4.88. The first-order chi connectivity index (χ1) is 13.2. The number of hydrogen-bond donors (Lipinski definition) is 2. The zero-order chi connectivity index (χ0) is 20.8. The molecule has 2 rings (SSSR count). The van der Waals surface area contributed by atoms with Gasteiger partial charge in [-0.3, -0.25) is 24.6 Å². The van der Waals surface area contributed by atoms with E-state index < -0.39 is 54.2 Å². The number of rotatable bonds is 7. The van der Waals surface area contributed by atoms with E-state index in [-0.39, 0.29) is 0 Å². The first-order valence-electron chi connectivity index (χ1n) is 9.48. The van der Waals surface area contributed by atoms with Crippen molar-refractivity contribution in [2.24, 2.45) is 17.8 Å². The molecule has 0 radical (unpaired) electrons. The molecule has 2 N–H and O–H groups in total. The summed E-state index contributed by atoms with van der Waals surface area (Å²) in [6.07, 6.45) is 5.43. The van der Waals surface area contributed by atoms with Gasteiger partial charge in [0.05, 0.1) is 11.8 Å². The lowest BCUT2D eigenvalue weighted by Crippen LogP contribution is -2.46. The number of hydrogen-bond acceptors (Lipinski definition) is 6. The largest absolute Gasteiger partial charge is 0.454 e. The maximum Gasteiger partial charge on any atom is 0.329 e. The van der Waals surface area contributed by atoms with Gasteiger partial charge >= 0.3 is 12.0 Å². The fraction of sp³-hybridized carbons (Fsp3) is 0.632. The monoisotopic (exact) mass is 393 g/mol. The zero-order valence-electron chi connectivity index (χ0n) is 16.4. The van der Waals surface area contributed by atoms with Crippen LogP contribution in [0.2, 0.25) is 0 Å². The number of nitrogens with zero attached hydrogens (tertiary/aromatic N) is 1. The zero-order valence-corrected chi connectivity index (χ0v) is 16.4. The minimum absolute atomic E-state index is 0.391. The molecule has 0 aromatic rings. The second kappa shape index (κ2) is 9.48. The highest BCUT2D eigenvalue weighted by atomic mass is 16.5. The number of imide groups is 2. The van der Waals surface area contributed by atoms with E-state index in [0.717, 1.165) is 11.3 Å².